The third kappa shape index (κ3) is 4.16. The second kappa shape index (κ2) is 8.15. The number of piperidine rings is 1. The van der Waals surface area contributed by atoms with Crippen LogP contribution in [0.3, 0.4) is 0 Å². The van der Waals surface area contributed by atoms with Crippen molar-refractivity contribution in [3.05, 3.63) is 0 Å². The first-order valence-corrected chi connectivity index (χ1v) is 10.4. The number of carbonyl (C=O) groups excluding carboxylic acids is 2. The van der Waals surface area contributed by atoms with Gasteiger partial charge in [0.2, 0.25) is 5.91 Å². The standard InChI is InChI=1S/C20H35N3O3/c1-4-17(21-10-5-6-11-21)18(24)22-13-8-20(9-14-22)15-23(19(25)26-20)12-7-16(2)3/h16-17H,4-15H2,1-3H3/t17-/m1/s1. The predicted octanol–water partition coefficient (Wildman–Crippen LogP) is 2.72. The highest BCUT2D eigenvalue weighted by Crippen LogP contribution is 2.34. The van der Waals surface area contributed by atoms with E-state index in [1.165, 1.54) is 12.8 Å². The molecule has 0 bridgehead atoms. The van der Waals surface area contributed by atoms with Crippen LogP contribution in [0.25, 0.3) is 0 Å². The lowest BCUT2D eigenvalue weighted by Crippen LogP contribution is -2.53. The predicted molar refractivity (Wildman–Crippen MR) is 101 cm³/mol. The molecule has 1 atom stereocenters. The van der Waals surface area contributed by atoms with Crippen molar-refractivity contribution in [2.45, 2.75) is 70.9 Å². The summed E-state index contributed by atoms with van der Waals surface area (Å²) in [5.74, 6) is 0.848. The average molecular weight is 366 g/mol. The van der Waals surface area contributed by atoms with Gasteiger partial charge in [0.25, 0.3) is 0 Å². The summed E-state index contributed by atoms with van der Waals surface area (Å²) in [6, 6.07) is 0.0280. The van der Waals surface area contributed by atoms with Crippen molar-refractivity contribution in [3.63, 3.8) is 0 Å². The van der Waals surface area contributed by atoms with Gasteiger partial charge in [-0.25, -0.2) is 4.79 Å². The molecule has 3 aliphatic rings. The van der Waals surface area contributed by atoms with Crippen molar-refractivity contribution in [3.8, 4) is 0 Å². The summed E-state index contributed by atoms with van der Waals surface area (Å²) in [5.41, 5.74) is -0.375. The first kappa shape index (κ1) is 19.5. The Hall–Kier alpha value is -1.30. The molecule has 2 amide bonds. The van der Waals surface area contributed by atoms with Gasteiger partial charge < -0.3 is 14.5 Å². The number of hydrogen-bond acceptors (Lipinski definition) is 4. The monoisotopic (exact) mass is 365 g/mol. The van der Waals surface area contributed by atoms with Gasteiger partial charge in [0.05, 0.1) is 12.6 Å². The molecule has 3 heterocycles. The second-order valence-corrected chi connectivity index (χ2v) is 8.65. The highest BCUT2D eigenvalue weighted by molar-refractivity contribution is 5.82. The number of ether oxygens (including phenoxy) is 1. The lowest BCUT2D eigenvalue weighted by molar-refractivity contribution is -0.140. The van der Waals surface area contributed by atoms with Crippen molar-refractivity contribution < 1.29 is 14.3 Å². The number of carbonyl (C=O) groups is 2. The first-order chi connectivity index (χ1) is 12.4. The van der Waals surface area contributed by atoms with E-state index in [-0.39, 0.29) is 23.6 Å². The Morgan fingerprint density at radius 1 is 1.15 bits per heavy atom. The van der Waals surface area contributed by atoms with E-state index in [4.69, 9.17) is 4.74 Å². The Labute approximate surface area is 157 Å². The summed E-state index contributed by atoms with van der Waals surface area (Å²) in [5, 5.41) is 0. The lowest BCUT2D eigenvalue weighted by atomic mass is 9.90. The normalized spacial score (nSPS) is 24.5. The van der Waals surface area contributed by atoms with Crippen LogP contribution in [0.2, 0.25) is 0 Å². The first-order valence-electron chi connectivity index (χ1n) is 10.4. The Balaban J connectivity index is 1.53. The quantitative estimate of drug-likeness (QED) is 0.726. The fraction of sp³-hybridized carbons (Fsp3) is 0.900. The van der Waals surface area contributed by atoms with E-state index < -0.39 is 0 Å². The molecule has 3 rings (SSSR count). The van der Waals surface area contributed by atoms with Crippen LogP contribution >= 0.6 is 0 Å². The van der Waals surface area contributed by atoms with Crippen molar-refractivity contribution in [1.29, 1.82) is 0 Å². The summed E-state index contributed by atoms with van der Waals surface area (Å²) < 4.78 is 5.79. The lowest BCUT2D eigenvalue weighted by Gasteiger charge is -2.40. The molecule has 6 heteroatoms. The van der Waals surface area contributed by atoms with Crippen LogP contribution in [0, 0.1) is 5.92 Å². The second-order valence-electron chi connectivity index (χ2n) is 8.65. The van der Waals surface area contributed by atoms with Crippen LogP contribution in [0.1, 0.15) is 59.3 Å². The molecular weight excluding hydrogens is 330 g/mol. The minimum absolute atomic E-state index is 0.0280. The fourth-order valence-corrected chi connectivity index (χ4v) is 4.53. The van der Waals surface area contributed by atoms with Crippen LogP contribution in [0.5, 0.6) is 0 Å². The van der Waals surface area contributed by atoms with E-state index in [1.807, 2.05) is 9.80 Å². The van der Waals surface area contributed by atoms with Gasteiger partial charge in [-0.1, -0.05) is 20.8 Å². The molecule has 148 valence electrons. The van der Waals surface area contributed by atoms with E-state index in [0.29, 0.717) is 25.6 Å². The van der Waals surface area contributed by atoms with Gasteiger partial charge in [0.1, 0.15) is 5.60 Å². The molecule has 0 radical (unpaired) electrons. The van der Waals surface area contributed by atoms with Crippen LogP contribution in [-0.4, -0.2) is 77.6 Å². The molecule has 0 N–H and O–H groups in total. The van der Waals surface area contributed by atoms with Crippen LogP contribution < -0.4 is 0 Å². The number of rotatable bonds is 6. The molecule has 1 spiro atoms. The molecule has 3 aliphatic heterocycles. The average Bonchev–Trinajstić information content (AvgIpc) is 3.23. The van der Waals surface area contributed by atoms with Crippen molar-refractivity contribution >= 4 is 12.0 Å². The van der Waals surface area contributed by atoms with Gasteiger partial charge in [-0.05, 0) is 44.7 Å². The van der Waals surface area contributed by atoms with Crippen LogP contribution in [0.4, 0.5) is 4.79 Å². The molecule has 0 aromatic carbocycles. The van der Waals surface area contributed by atoms with Crippen molar-refractivity contribution in [2.75, 3.05) is 39.3 Å². The van der Waals surface area contributed by atoms with Gasteiger partial charge in [-0.15, -0.1) is 0 Å². The van der Waals surface area contributed by atoms with E-state index in [9.17, 15) is 9.59 Å². The molecule has 0 saturated carbocycles. The Kier molecular flexibility index (Phi) is 6.10. The molecule has 0 aromatic heterocycles. The van der Waals surface area contributed by atoms with E-state index in [2.05, 4.69) is 25.7 Å². The van der Waals surface area contributed by atoms with E-state index >= 15 is 0 Å². The largest absolute Gasteiger partial charge is 0.441 e. The molecule has 0 unspecified atom stereocenters. The summed E-state index contributed by atoms with van der Waals surface area (Å²) in [4.78, 5) is 31.4. The molecule has 0 aliphatic carbocycles. The number of likely N-dealkylation sites (tertiary alicyclic amines) is 2. The highest BCUT2D eigenvalue weighted by Gasteiger charge is 2.47. The third-order valence-corrected chi connectivity index (χ3v) is 6.26. The Morgan fingerprint density at radius 3 is 2.38 bits per heavy atom. The smallest absolute Gasteiger partial charge is 0.410 e. The minimum atomic E-state index is -0.375. The Morgan fingerprint density at radius 2 is 1.81 bits per heavy atom. The molecule has 6 nitrogen and oxygen atoms in total. The molecule has 3 fully saturated rings. The van der Waals surface area contributed by atoms with Crippen LogP contribution in [0.15, 0.2) is 0 Å². The number of amides is 2. The van der Waals surface area contributed by atoms with Gasteiger partial charge >= 0.3 is 6.09 Å². The van der Waals surface area contributed by atoms with Crippen LogP contribution in [-0.2, 0) is 9.53 Å². The summed E-state index contributed by atoms with van der Waals surface area (Å²) >= 11 is 0. The van der Waals surface area contributed by atoms with Gasteiger partial charge in [-0.3, -0.25) is 9.69 Å². The van der Waals surface area contributed by atoms with Crippen molar-refractivity contribution in [2.24, 2.45) is 5.92 Å². The minimum Gasteiger partial charge on any atom is -0.441 e. The topological polar surface area (TPSA) is 53.1 Å². The molecule has 26 heavy (non-hydrogen) atoms. The molecule has 0 aromatic rings. The Bertz CT molecular complexity index is 508. The third-order valence-electron chi connectivity index (χ3n) is 6.26. The zero-order valence-electron chi connectivity index (χ0n) is 16.7. The maximum Gasteiger partial charge on any atom is 0.410 e. The number of nitrogens with zero attached hydrogens (tertiary/aromatic N) is 3. The highest BCUT2D eigenvalue weighted by atomic mass is 16.6. The van der Waals surface area contributed by atoms with E-state index in [1.54, 1.807) is 0 Å². The van der Waals surface area contributed by atoms with Crippen molar-refractivity contribution in [1.82, 2.24) is 14.7 Å². The molecule has 3 saturated heterocycles. The summed E-state index contributed by atoms with van der Waals surface area (Å²) in [7, 11) is 0. The number of hydrogen-bond donors (Lipinski definition) is 0. The maximum absolute atomic E-state index is 13.0. The van der Waals surface area contributed by atoms with Gasteiger partial charge in [-0.2, -0.15) is 0 Å². The zero-order chi connectivity index (χ0) is 18.7. The van der Waals surface area contributed by atoms with Gasteiger partial charge in [0.15, 0.2) is 0 Å². The van der Waals surface area contributed by atoms with Gasteiger partial charge in [0, 0.05) is 32.5 Å². The summed E-state index contributed by atoms with van der Waals surface area (Å²) in [6.45, 7) is 11.4. The summed E-state index contributed by atoms with van der Waals surface area (Å²) in [6.07, 6.45) is 5.64. The molecular formula is C20H35N3O3. The van der Waals surface area contributed by atoms with E-state index in [0.717, 1.165) is 45.3 Å². The fourth-order valence-electron chi connectivity index (χ4n) is 4.53. The SMILES string of the molecule is CC[C@H](C(=O)N1CCC2(CC1)CN(CCC(C)C)C(=O)O2)N1CCCC1. The maximum atomic E-state index is 13.0. The zero-order valence-corrected chi connectivity index (χ0v) is 16.7.